The summed E-state index contributed by atoms with van der Waals surface area (Å²) in [4.78, 5) is 2.60. The molecule has 15 rings (SSSR count). The van der Waals surface area contributed by atoms with E-state index in [9.17, 15) is 0 Å². The van der Waals surface area contributed by atoms with Crippen molar-refractivity contribution in [2.45, 2.75) is 0 Å². The van der Waals surface area contributed by atoms with Crippen molar-refractivity contribution in [1.29, 1.82) is 0 Å². The molecule has 0 saturated carbocycles. The smallest absolute Gasteiger partial charge is 0.248 e. The minimum absolute atomic E-state index is 0.0787. The summed E-state index contributed by atoms with van der Waals surface area (Å²) < 4.78 is 14.4. The van der Waals surface area contributed by atoms with Gasteiger partial charge in [0, 0.05) is 77.6 Å². The van der Waals surface area contributed by atoms with Gasteiger partial charge in [-0.05, 0) is 111 Å². The number of hydrogen-bond acceptors (Lipinski definition) is 5. The van der Waals surface area contributed by atoms with Crippen molar-refractivity contribution in [3.8, 4) is 22.3 Å². The highest BCUT2D eigenvalue weighted by Crippen LogP contribution is 2.49. The summed E-state index contributed by atoms with van der Waals surface area (Å²) in [5.74, 6) is 0. The summed E-state index contributed by atoms with van der Waals surface area (Å²) in [7, 11) is 0. The van der Waals surface area contributed by atoms with Crippen LogP contribution in [-0.4, -0.2) is 6.71 Å². The molecule has 0 amide bonds. The average molecular weight is 814 g/mol. The second-order valence-electron chi connectivity index (χ2n) is 16.3. The number of benzene rings is 9. The van der Waals surface area contributed by atoms with Gasteiger partial charge in [-0.25, -0.2) is 0 Å². The number of nitrogens with zero attached hydrogens (tertiary/aromatic N) is 1. The molecule has 0 atom stereocenters. The van der Waals surface area contributed by atoms with Crippen molar-refractivity contribution in [3.05, 3.63) is 170 Å². The fraction of sp³-hybridized carbons (Fsp3) is 0. The van der Waals surface area contributed by atoms with E-state index in [1.807, 2.05) is 34.0 Å². The first-order valence-corrected chi connectivity index (χ1v) is 22.9. The molecule has 2 nitrogen and oxygen atoms in total. The second-order valence-corrected chi connectivity index (χ2v) is 19.6. The number of furan rings is 1. The standard InChI is InChI=1S/C54H28BNOS3/c1-5-15-45-36(13-1)53-31(14-9-16-46(53)57-45)29-22-40-37-27-51-38(33-11-3-7-18-48(33)59-51)25-41(37)55-42-26-39-34-12-4-8-19-49(34)60-52(39)28-43(42)56(44(23-29)54(40)55)30-20-21-35-32-10-2-6-17-47(32)58-50(35)24-30/h1-28H. The van der Waals surface area contributed by atoms with Gasteiger partial charge in [-0.15, -0.1) is 34.0 Å². The lowest BCUT2D eigenvalue weighted by Crippen LogP contribution is -2.54. The quantitative estimate of drug-likeness (QED) is 0.162. The number of para-hydroxylation sites is 1. The zero-order valence-corrected chi connectivity index (χ0v) is 34.3. The summed E-state index contributed by atoms with van der Waals surface area (Å²) in [6.45, 7) is 0.0787. The molecule has 6 heterocycles. The van der Waals surface area contributed by atoms with Crippen molar-refractivity contribution >= 4 is 157 Å². The Labute approximate surface area is 355 Å². The van der Waals surface area contributed by atoms with Crippen LogP contribution in [0.4, 0.5) is 17.1 Å². The van der Waals surface area contributed by atoms with E-state index in [0.717, 1.165) is 21.9 Å². The van der Waals surface area contributed by atoms with Crippen molar-refractivity contribution in [3.63, 3.8) is 0 Å². The highest BCUT2D eigenvalue weighted by atomic mass is 32.1. The summed E-state index contributed by atoms with van der Waals surface area (Å²) >= 11 is 5.69. The topological polar surface area (TPSA) is 16.4 Å². The SMILES string of the molecule is c1ccc2c(c1)oc1cccc(-c3cc4c5c(c3)N(c3ccc6c(c3)sc3ccccc36)c3cc6sc7ccccc7c6cc3B5c3cc5c(cc3-4)sc3ccccc35)c12. The van der Waals surface area contributed by atoms with Crippen LogP contribution in [0.3, 0.4) is 0 Å². The molecule has 6 heteroatoms. The van der Waals surface area contributed by atoms with E-state index in [-0.39, 0.29) is 6.71 Å². The van der Waals surface area contributed by atoms with E-state index < -0.39 is 0 Å². The number of rotatable bonds is 2. The highest BCUT2D eigenvalue weighted by Gasteiger charge is 2.44. The molecule has 0 spiro atoms. The van der Waals surface area contributed by atoms with Crippen LogP contribution in [0.15, 0.2) is 174 Å². The van der Waals surface area contributed by atoms with Crippen molar-refractivity contribution in [2.75, 3.05) is 4.90 Å². The van der Waals surface area contributed by atoms with Crippen LogP contribution in [0.5, 0.6) is 0 Å². The van der Waals surface area contributed by atoms with E-state index in [1.165, 1.54) is 116 Å². The molecule has 13 aromatic rings. The first-order chi connectivity index (χ1) is 29.7. The van der Waals surface area contributed by atoms with Crippen LogP contribution in [0.25, 0.3) is 105 Å². The molecule has 0 aliphatic carbocycles. The fourth-order valence-electron chi connectivity index (χ4n) is 10.7. The Balaban J connectivity index is 1.09. The Morgan fingerprint density at radius 1 is 0.383 bits per heavy atom. The lowest BCUT2D eigenvalue weighted by molar-refractivity contribution is 0.669. The zero-order valence-electron chi connectivity index (χ0n) is 31.8. The first-order valence-electron chi connectivity index (χ1n) is 20.4. The van der Waals surface area contributed by atoms with Gasteiger partial charge in [0.1, 0.15) is 11.2 Å². The lowest BCUT2D eigenvalue weighted by Gasteiger charge is -2.36. The van der Waals surface area contributed by atoms with Gasteiger partial charge in [-0.2, -0.15) is 0 Å². The monoisotopic (exact) mass is 813 g/mol. The Morgan fingerprint density at radius 2 is 0.983 bits per heavy atom. The van der Waals surface area contributed by atoms with Crippen molar-refractivity contribution < 1.29 is 4.42 Å². The third kappa shape index (κ3) is 4.18. The Kier molecular flexibility index (Phi) is 6.18. The molecule has 0 saturated heterocycles. The molecule has 0 bridgehead atoms. The molecular formula is C54H28BNOS3. The molecule has 0 N–H and O–H groups in total. The summed E-state index contributed by atoms with van der Waals surface area (Å²) in [5.41, 5.74) is 14.7. The molecule has 2 aliphatic rings. The largest absolute Gasteiger partial charge is 0.456 e. The van der Waals surface area contributed by atoms with Gasteiger partial charge in [0.2, 0.25) is 6.71 Å². The number of thiophene rings is 3. The Morgan fingerprint density at radius 3 is 1.73 bits per heavy atom. The maximum absolute atomic E-state index is 6.49. The molecule has 9 aromatic carbocycles. The molecule has 60 heavy (non-hydrogen) atoms. The third-order valence-corrected chi connectivity index (χ3v) is 16.7. The Bertz CT molecular complexity index is 4050. The number of hydrogen-bond donors (Lipinski definition) is 0. The lowest BCUT2D eigenvalue weighted by atomic mass is 9.37. The summed E-state index contributed by atoms with van der Waals surface area (Å²) in [6.07, 6.45) is 0. The highest BCUT2D eigenvalue weighted by molar-refractivity contribution is 7.26. The Hall–Kier alpha value is -6.70. The average Bonchev–Trinajstić information content (AvgIpc) is 4.10. The van der Waals surface area contributed by atoms with E-state index in [0.29, 0.717) is 0 Å². The molecular weight excluding hydrogens is 786 g/mol. The molecule has 0 unspecified atom stereocenters. The molecule has 0 fully saturated rings. The fourth-order valence-corrected chi connectivity index (χ4v) is 14.1. The molecule has 0 radical (unpaired) electrons. The van der Waals surface area contributed by atoms with E-state index in [2.05, 4.69) is 175 Å². The van der Waals surface area contributed by atoms with Gasteiger partial charge in [-0.3, -0.25) is 0 Å². The first kappa shape index (κ1) is 32.2. The number of anilines is 3. The summed E-state index contributed by atoms with van der Waals surface area (Å²) in [6, 6.07) is 63.9. The van der Waals surface area contributed by atoms with Gasteiger partial charge in [0.05, 0.1) is 0 Å². The van der Waals surface area contributed by atoms with Crippen LogP contribution < -0.4 is 21.3 Å². The molecule has 276 valence electrons. The summed E-state index contributed by atoms with van der Waals surface area (Å²) in [5, 5.41) is 10.3. The van der Waals surface area contributed by atoms with E-state index in [4.69, 9.17) is 4.42 Å². The number of fused-ring (bicyclic) bond motifs is 17. The van der Waals surface area contributed by atoms with Gasteiger partial charge in [0.15, 0.2) is 0 Å². The van der Waals surface area contributed by atoms with Gasteiger partial charge >= 0.3 is 0 Å². The maximum Gasteiger partial charge on any atom is 0.248 e. The third-order valence-electron chi connectivity index (χ3n) is 13.2. The van der Waals surface area contributed by atoms with Gasteiger partial charge in [-0.1, -0.05) is 109 Å². The van der Waals surface area contributed by atoms with Crippen LogP contribution in [0, 0.1) is 0 Å². The van der Waals surface area contributed by atoms with Gasteiger partial charge in [0.25, 0.3) is 0 Å². The van der Waals surface area contributed by atoms with Crippen LogP contribution in [0.1, 0.15) is 0 Å². The van der Waals surface area contributed by atoms with Crippen molar-refractivity contribution in [2.24, 2.45) is 0 Å². The molecule has 4 aromatic heterocycles. The minimum Gasteiger partial charge on any atom is -0.456 e. The predicted molar refractivity (Wildman–Crippen MR) is 263 cm³/mol. The van der Waals surface area contributed by atoms with Gasteiger partial charge < -0.3 is 9.32 Å². The minimum atomic E-state index is 0.0787. The predicted octanol–water partition coefficient (Wildman–Crippen LogP) is 14.6. The van der Waals surface area contributed by atoms with Crippen LogP contribution >= 0.6 is 34.0 Å². The van der Waals surface area contributed by atoms with E-state index >= 15 is 0 Å². The van der Waals surface area contributed by atoms with E-state index in [1.54, 1.807) is 0 Å². The van der Waals surface area contributed by atoms with Crippen LogP contribution in [-0.2, 0) is 0 Å². The van der Waals surface area contributed by atoms with Crippen molar-refractivity contribution in [1.82, 2.24) is 0 Å². The maximum atomic E-state index is 6.49. The zero-order chi connectivity index (χ0) is 38.8. The van der Waals surface area contributed by atoms with Crippen LogP contribution in [0.2, 0.25) is 0 Å². The second kappa shape index (κ2) is 11.5. The normalized spacial score (nSPS) is 13.3. The molecule has 2 aliphatic heterocycles.